The highest BCUT2D eigenvalue weighted by Gasteiger charge is 2.16. The molecule has 1 aromatic rings. The van der Waals surface area contributed by atoms with Crippen molar-refractivity contribution in [3.63, 3.8) is 0 Å². The molecular formula is C15H21NO4. The Morgan fingerprint density at radius 2 is 1.75 bits per heavy atom. The van der Waals surface area contributed by atoms with Gasteiger partial charge in [-0.3, -0.25) is 14.8 Å². The fourth-order valence-electron chi connectivity index (χ4n) is 1.92. The third-order valence-electron chi connectivity index (χ3n) is 3.04. The van der Waals surface area contributed by atoms with Gasteiger partial charge in [0.15, 0.2) is 0 Å². The lowest BCUT2D eigenvalue weighted by molar-refractivity contribution is -0.146. The van der Waals surface area contributed by atoms with E-state index in [1.807, 2.05) is 12.1 Å². The van der Waals surface area contributed by atoms with Crippen molar-refractivity contribution in [2.45, 2.75) is 39.0 Å². The van der Waals surface area contributed by atoms with Crippen LogP contribution in [-0.4, -0.2) is 33.8 Å². The maximum Gasteiger partial charge on any atom is 0.325 e. The first-order chi connectivity index (χ1) is 9.54. The van der Waals surface area contributed by atoms with E-state index in [2.05, 4.69) is 6.92 Å². The van der Waals surface area contributed by atoms with Crippen molar-refractivity contribution in [1.29, 1.82) is 0 Å². The number of hydrogen-bond acceptors (Lipinski definition) is 3. The Labute approximate surface area is 118 Å². The predicted octanol–water partition coefficient (Wildman–Crippen LogP) is 2.73. The lowest BCUT2D eigenvalue weighted by atomic mass is 10.0. The molecule has 0 aliphatic heterocycles. The van der Waals surface area contributed by atoms with Gasteiger partial charge in [0.2, 0.25) is 0 Å². The Kier molecular flexibility index (Phi) is 6.73. The molecule has 0 aliphatic carbocycles. The van der Waals surface area contributed by atoms with E-state index in [9.17, 15) is 14.8 Å². The number of unbranched alkanes of at least 4 members (excludes halogenated alkanes) is 3. The summed E-state index contributed by atoms with van der Waals surface area (Å²) >= 11 is 0. The van der Waals surface area contributed by atoms with Gasteiger partial charge in [0.25, 0.3) is 5.91 Å². The van der Waals surface area contributed by atoms with E-state index in [1.165, 1.54) is 19.3 Å². The summed E-state index contributed by atoms with van der Waals surface area (Å²) in [5, 5.41) is 18.0. The first-order valence-electron chi connectivity index (χ1n) is 6.86. The van der Waals surface area contributed by atoms with Crippen LogP contribution >= 0.6 is 0 Å². The Morgan fingerprint density at radius 3 is 2.30 bits per heavy atom. The number of carboxylic acids is 1. The van der Waals surface area contributed by atoms with E-state index < -0.39 is 18.4 Å². The average Bonchev–Trinajstić information content (AvgIpc) is 2.43. The zero-order chi connectivity index (χ0) is 15.0. The van der Waals surface area contributed by atoms with Gasteiger partial charge in [0.05, 0.1) is 0 Å². The van der Waals surface area contributed by atoms with Crippen molar-refractivity contribution < 1.29 is 19.9 Å². The smallest absolute Gasteiger partial charge is 0.325 e. The molecule has 0 fully saturated rings. The highest BCUT2D eigenvalue weighted by Crippen LogP contribution is 2.11. The molecule has 20 heavy (non-hydrogen) atoms. The van der Waals surface area contributed by atoms with Crippen LogP contribution in [0.4, 0.5) is 0 Å². The topological polar surface area (TPSA) is 77.8 Å². The molecule has 0 spiro atoms. The van der Waals surface area contributed by atoms with Crippen LogP contribution in [0.25, 0.3) is 0 Å². The normalized spacial score (nSPS) is 10.3. The highest BCUT2D eigenvalue weighted by atomic mass is 16.5. The van der Waals surface area contributed by atoms with Gasteiger partial charge in [0, 0.05) is 5.56 Å². The van der Waals surface area contributed by atoms with Crippen molar-refractivity contribution >= 4 is 11.9 Å². The fourth-order valence-corrected chi connectivity index (χ4v) is 1.92. The molecule has 0 aliphatic rings. The average molecular weight is 279 g/mol. The number of nitrogens with zero attached hydrogens (tertiary/aromatic N) is 1. The van der Waals surface area contributed by atoms with E-state index >= 15 is 0 Å². The number of aryl methyl sites for hydroxylation is 1. The van der Waals surface area contributed by atoms with Gasteiger partial charge in [-0.05, 0) is 30.5 Å². The molecular weight excluding hydrogens is 258 g/mol. The summed E-state index contributed by atoms with van der Waals surface area (Å²) in [6, 6.07) is 6.91. The van der Waals surface area contributed by atoms with Crippen LogP contribution in [0, 0.1) is 0 Å². The molecule has 0 saturated carbocycles. The van der Waals surface area contributed by atoms with E-state index in [0.29, 0.717) is 0 Å². The molecule has 0 unspecified atom stereocenters. The van der Waals surface area contributed by atoms with Gasteiger partial charge in [-0.1, -0.05) is 38.3 Å². The van der Waals surface area contributed by atoms with E-state index in [0.717, 1.165) is 18.4 Å². The number of benzene rings is 1. The molecule has 0 aromatic heterocycles. The van der Waals surface area contributed by atoms with Crippen molar-refractivity contribution in [2.24, 2.45) is 0 Å². The number of hydrogen-bond donors (Lipinski definition) is 2. The van der Waals surface area contributed by atoms with Crippen LogP contribution in [0.2, 0.25) is 0 Å². The lowest BCUT2D eigenvalue weighted by Crippen LogP contribution is -2.32. The zero-order valence-electron chi connectivity index (χ0n) is 11.7. The van der Waals surface area contributed by atoms with Crippen LogP contribution in [0.1, 0.15) is 48.5 Å². The van der Waals surface area contributed by atoms with Gasteiger partial charge >= 0.3 is 5.97 Å². The Hall–Kier alpha value is -1.88. The van der Waals surface area contributed by atoms with Crippen molar-refractivity contribution in [2.75, 3.05) is 6.54 Å². The molecule has 5 heteroatoms. The standard InChI is InChI=1S/C15H21NO4/c1-2-3-4-5-6-12-7-9-13(10-8-12)15(19)16(20)11-14(17)18/h7-10,20H,2-6,11H2,1H3,(H,17,18). The Morgan fingerprint density at radius 1 is 1.10 bits per heavy atom. The third-order valence-corrected chi connectivity index (χ3v) is 3.04. The maximum absolute atomic E-state index is 11.7. The molecule has 0 atom stereocenters. The largest absolute Gasteiger partial charge is 0.480 e. The molecule has 0 saturated heterocycles. The molecule has 5 nitrogen and oxygen atoms in total. The summed E-state index contributed by atoms with van der Waals surface area (Å²) in [6.07, 6.45) is 5.70. The Balaban J connectivity index is 2.53. The van der Waals surface area contributed by atoms with Crippen LogP contribution < -0.4 is 0 Å². The van der Waals surface area contributed by atoms with E-state index in [-0.39, 0.29) is 10.6 Å². The monoisotopic (exact) mass is 279 g/mol. The maximum atomic E-state index is 11.7. The molecule has 0 heterocycles. The number of carboxylic acid groups (broad SMARTS) is 1. The molecule has 1 aromatic carbocycles. The van der Waals surface area contributed by atoms with Crippen LogP contribution in [-0.2, 0) is 11.2 Å². The Bertz CT molecular complexity index is 442. The number of hydroxylamine groups is 2. The van der Waals surface area contributed by atoms with Gasteiger partial charge in [0.1, 0.15) is 6.54 Å². The number of carbonyl (C=O) groups excluding carboxylic acids is 1. The summed E-state index contributed by atoms with van der Waals surface area (Å²) in [5.41, 5.74) is 1.42. The lowest BCUT2D eigenvalue weighted by Gasteiger charge is -2.12. The summed E-state index contributed by atoms with van der Waals surface area (Å²) in [5.74, 6) is -1.96. The van der Waals surface area contributed by atoms with E-state index in [1.54, 1.807) is 12.1 Å². The SMILES string of the molecule is CCCCCCc1ccc(C(=O)N(O)CC(=O)O)cc1. The molecule has 1 rings (SSSR count). The quantitative estimate of drug-likeness (QED) is 0.436. The van der Waals surface area contributed by atoms with Crippen LogP contribution in [0.15, 0.2) is 24.3 Å². The third kappa shape index (κ3) is 5.40. The predicted molar refractivity (Wildman–Crippen MR) is 74.7 cm³/mol. The van der Waals surface area contributed by atoms with Gasteiger partial charge < -0.3 is 5.11 Å². The van der Waals surface area contributed by atoms with Gasteiger partial charge in [-0.2, -0.15) is 0 Å². The van der Waals surface area contributed by atoms with Crippen LogP contribution in [0.3, 0.4) is 0 Å². The molecule has 0 bridgehead atoms. The number of aliphatic carboxylic acids is 1. The molecule has 110 valence electrons. The summed E-state index contributed by atoms with van der Waals surface area (Å²) < 4.78 is 0. The minimum atomic E-state index is -1.26. The van der Waals surface area contributed by atoms with Crippen molar-refractivity contribution in [3.05, 3.63) is 35.4 Å². The molecule has 1 amide bonds. The number of carbonyl (C=O) groups is 2. The summed E-state index contributed by atoms with van der Waals surface area (Å²) in [4.78, 5) is 22.1. The van der Waals surface area contributed by atoms with E-state index in [4.69, 9.17) is 5.11 Å². The minimum Gasteiger partial charge on any atom is -0.480 e. The number of rotatable bonds is 8. The first-order valence-corrected chi connectivity index (χ1v) is 6.86. The van der Waals surface area contributed by atoms with Crippen molar-refractivity contribution in [3.8, 4) is 0 Å². The second-order valence-electron chi connectivity index (χ2n) is 4.76. The number of amides is 1. The van der Waals surface area contributed by atoms with Gasteiger partial charge in [-0.15, -0.1) is 0 Å². The second kappa shape index (κ2) is 8.32. The van der Waals surface area contributed by atoms with Crippen molar-refractivity contribution in [1.82, 2.24) is 5.06 Å². The van der Waals surface area contributed by atoms with Crippen LogP contribution in [0.5, 0.6) is 0 Å². The fraction of sp³-hybridized carbons (Fsp3) is 0.467. The first kappa shape index (κ1) is 16.2. The summed E-state index contributed by atoms with van der Waals surface area (Å²) in [7, 11) is 0. The van der Waals surface area contributed by atoms with Gasteiger partial charge in [-0.25, -0.2) is 5.06 Å². The zero-order valence-corrected chi connectivity index (χ0v) is 11.7. The minimum absolute atomic E-state index is 0.207. The highest BCUT2D eigenvalue weighted by molar-refractivity contribution is 5.94. The molecule has 2 N–H and O–H groups in total. The second-order valence-corrected chi connectivity index (χ2v) is 4.76. The summed E-state index contributed by atoms with van der Waals surface area (Å²) in [6.45, 7) is 1.44. The molecule has 0 radical (unpaired) electrons.